The first-order chi connectivity index (χ1) is 8.08. The van der Waals surface area contributed by atoms with Crippen LogP contribution in [0.5, 0.6) is 0 Å². The molecule has 6 heteroatoms. The minimum Gasteiger partial charge on any atom is -0.393 e. The van der Waals surface area contributed by atoms with E-state index in [2.05, 4.69) is 4.72 Å². The predicted octanol–water partition coefficient (Wildman–Crippen LogP) is 0.610. The maximum Gasteiger partial charge on any atom is 0.279 e. The van der Waals surface area contributed by atoms with Crippen molar-refractivity contribution in [2.75, 3.05) is 13.1 Å². The molecule has 100 valence electrons. The molecule has 1 saturated heterocycles. The van der Waals surface area contributed by atoms with Gasteiger partial charge in [-0.3, -0.25) is 0 Å². The third-order valence-corrected chi connectivity index (χ3v) is 5.34. The summed E-state index contributed by atoms with van der Waals surface area (Å²) in [6, 6.07) is 0.00493. The minimum atomic E-state index is -3.30. The molecule has 0 spiro atoms. The largest absolute Gasteiger partial charge is 0.393 e. The van der Waals surface area contributed by atoms with Gasteiger partial charge in [-0.2, -0.15) is 17.4 Å². The van der Waals surface area contributed by atoms with Gasteiger partial charge < -0.3 is 5.11 Å². The van der Waals surface area contributed by atoms with Crippen LogP contribution >= 0.6 is 0 Å². The first-order valence-electron chi connectivity index (χ1n) is 6.53. The smallest absolute Gasteiger partial charge is 0.279 e. The lowest BCUT2D eigenvalue weighted by atomic mass is 9.94. The van der Waals surface area contributed by atoms with Crippen LogP contribution < -0.4 is 4.72 Å². The topological polar surface area (TPSA) is 69.6 Å². The predicted molar refractivity (Wildman–Crippen MR) is 65.7 cm³/mol. The van der Waals surface area contributed by atoms with Gasteiger partial charge in [0.25, 0.3) is 10.2 Å². The summed E-state index contributed by atoms with van der Waals surface area (Å²) in [7, 11) is -3.30. The van der Waals surface area contributed by atoms with Crippen molar-refractivity contribution in [2.24, 2.45) is 0 Å². The number of nitrogens with one attached hydrogen (secondary N) is 1. The first-order valence-corrected chi connectivity index (χ1v) is 7.97. The average molecular weight is 262 g/mol. The highest BCUT2D eigenvalue weighted by molar-refractivity contribution is 7.87. The number of piperidine rings is 1. The van der Waals surface area contributed by atoms with Crippen LogP contribution in [-0.4, -0.2) is 43.1 Å². The molecular formula is C11H22N2O3S. The second-order valence-electron chi connectivity index (χ2n) is 5.09. The number of aliphatic hydroxyl groups excluding tert-OH is 1. The molecule has 0 aromatic rings. The molecule has 0 bridgehead atoms. The highest BCUT2D eigenvalue weighted by Crippen LogP contribution is 2.20. The lowest BCUT2D eigenvalue weighted by Crippen LogP contribution is -2.48. The molecule has 2 N–H and O–H groups in total. The van der Waals surface area contributed by atoms with E-state index in [1.165, 1.54) is 0 Å². The van der Waals surface area contributed by atoms with Gasteiger partial charge >= 0.3 is 0 Å². The number of hydrogen-bond acceptors (Lipinski definition) is 3. The van der Waals surface area contributed by atoms with E-state index in [0.29, 0.717) is 25.9 Å². The van der Waals surface area contributed by atoms with Gasteiger partial charge in [0, 0.05) is 19.1 Å². The fraction of sp³-hybridized carbons (Fsp3) is 1.00. The molecule has 0 amide bonds. The Morgan fingerprint density at radius 2 is 1.59 bits per heavy atom. The Labute approximate surface area is 103 Å². The van der Waals surface area contributed by atoms with Crippen molar-refractivity contribution in [2.45, 2.75) is 57.1 Å². The second-order valence-corrected chi connectivity index (χ2v) is 6.79. The van der Waals surface area contributed by atoms with Crippen molar-refractivity contribution in [1.82, 2.24) is 9.03 Å². The molecule has 0 aromatic heterocycles. The van der Waals surface area contributed by atoms with Crippen LogP contribution in [0.1, 0.15) is 44.9 Å². The Morgan fingerprint density at radius 3 is 2.18 bits per heavy atom. The monoisotopic (exact) mass is 262 g/mol. The molecule has 0 unspecified atom stereocenters. The number of nitrogens with zero attached hydrogens (tertiary/aromatic N) is 1. The van der Waals surface area contributed by atoms with Crippen LogP contribution in [-0.2, 0) is 10.2 Å². The van der Waals surface area contributed by atoms with Crippen LogP contribution in [0.4, 0.5) is 0 Å². The van der Waals surface area contributed by atoms with E-state index in [4.69, 9.17) is 0 Å². The van der Waals surface area contributed by atoms with E-state index in [1.54, 1.807) is 4.31 Å². The van der Waals surface area contributed by atoms with Crippen LogP contribution in [0.3, 0.4) is 0 Å². The molecule has 17 heavy (non-hydrogen) atoms. The van der Waals surface area contributed by atoms with Crippen molar-refractivity contribution in [3.05, 3.63) is 0 Å². The molecule has 2 fully saturated rings. The fourth-order valence-corrected chi connectivity index (χ4v) is 4.13. The molecular weight excluding hydrogens is 240 g/mol. The lowest BCUT2D eigenvalue weighted by molar-refractivity contribution is 0.120. The van der Waals surface area contributed by atoms with Gasteiger partial charge in [-0.25, -0.2) is 0 Å². The summed E-state index contributed by atoms with van der Waals surface area (Å²) >= 11 is 0. The highest BCUT2D eigenvalue weighted by Gasteiger charge is 2.28. The minimum absolute atomic E-state index is 0.00493. The van der Waals surface area contributed by atoms with Crippen molar-refractivity contribution in [1.29, 1.82) is 0 Å². The van der Waals surface area contributed by atoms with E-state index in [1.807, 2.05) is 0 Å². The maximum absolute atomic E-state index is 12.1. The van der Waals surface area contributed by atoms with E-state index in [9.17, 15) is 13.5 Å². The Bertz CT molecular complexity index is 331. The van der Waals surface area contributed by atoms with Crippen LogP contribution in [0.25, 0.3) is 0 Å². The van der Waals surface area contributed by atoms with Gasteiger partial charge in [-0.15, -0.1) is 0 Å². The Balaban J connectivity index is 1.88. The van der Waals surface area contributed by atoms with Gasteiger partial charge in [0.15, 0.2) is 0 Å². The second kappa shape index (κ2) is 5.65. The average Bonchev–Trinajstić information content (AvgIpc) is 2.33. The highest BCUT2D eigenvalue weighted by atomic mass is 32.2. The zero-order chi connectivity index (χ0) is 12.3. The molecule has 1 aliphatic carbocycles. The number of rotatable bonds is 3. The lowest BCUT2D eigenvalue weighted by Gasteiger charge is -2.31. The van der Waals surface area contributed by atoms with Gasteiger partial charge in [-0.05, 0) is 38.5 Å². The third kappa shape index (κ3) is 3.64. The number of hydrogen-bond donors (Lipinski definition) is 2. The standard InChI is InChI=1S/C11H22N2O3S/c14-11-6-4-10(5-7-11)12-17(15,16)13-8-2-1-3-9-13/h10-12,14H,1-9H2. The Kier molecular flexibility index (Phi) is 4.41. The Morgan fingerprint density at radius 1 is 1.00 bits per heavy atom. The quantitative estimate of drug-likeness (QED) is 0.783. The van der Waals surface area contributed by atoms with Crippen molar-refractivity contribution in [3.8, 4) is 0 Å². The van der Waals surface area contributed by atoms with Crippen LogP contribution in [0, 0.1) is 0 Å². The van der Waals surface area contributed by atoms with Crippen LogP contribution in [0.15, 0.2) is 0 Å². The third-order valence-electron chi connectivity index (χ3n) is 3.67. The fourth-order valence-electron chi connectivity index (χ4n) is 2.58. The molecule has 2 aliphatic rings. The van der Waals surface area contributed by atoms with Gasteiger partial charge in [0.2, 0.25) is 0 Å². The molecule has 1 heterocycles. The van der Waals surface area contributed by atoms with Crippen molar-refractivity contribution >= 4 is 10.2 Å². The maximum atomic E-state index is 12.1. The van der Waals surface area contributed by atoms with Gasteiger partial charge in [0.05, 0.1) is 6.10 Å². The van der Waals surface area contributed by atoms with Gasteiger partial charge in [-0.1, -0.05) is 6.42 Å². The molecule has 2 rings (SSSR count). The summed E-state index contributed by atoms with van der Waals surface area (Å²) in [6.07, 6.45) is 5.70. The summed E-state index contributed by atoms with van der Waals surface area (Å²) in [4.78, 5) is 0. The van der Waals surface area contributed by atoms with E-state index < -0.39 is 10.2 Å². The summed E-state index contributed by atoms with van der Waals surface area (Å²) in [5.41, 5.74) is 0. The first kappa shape index (κ1) is 13.3. The van der Waals surface area contributed by atoms with E-state index in [-0.39, 0.29) is 12.1 Å². The summed E-state index contributed by atoms with van der Waals surface area (Å²) in [6.45, 7) is 1.29. The summed E-state index contributed by atoms with van der Waals surface area (Å²) in [5, 5.41) is 9.39. The molecule has 1 saturated carbocycles. The number of aliphatic hydroxyl groups is 1. The molecule has 5 nitrogen and oxygen atoms in total. The molecule has 0 aromatic carbocycles. The van der Waals surface area contributed by atoms with Gasteiger partial charge in [0.1, 0.15) is 0 Å². The molecule has 1 aliphatic heterocycles. The summed E-state index contributed by atoms with van der Waals surface area (Å²) in [5.74, 6) is 0. The molecule has 0 radical (unpaired) electrons. The SMILES string of the molecule is O=S(=O)(NC1CCC(O)CC1)N1CCCCC1. The van der Waals surface area contributed by atoms with Crippen molar-refractivity contribution in [3.63, 3.8) is 0 Å². The molecule has 0 atom stereocenters. The summed E-state index contributed by atoms with van der Waals surface area (Å²) < 4.78 is 28.5. The Hall–Kier alpha value is -0.170. The normalized spacial score (nSPS) is 32.5. The van der Waals surface area contributed by atoms with Crippen LogP contribution in [0.2, 0.25) is 0 Å². The zero-order valence-electron chi connectivity index (χ0n) is 10.1. The van der Waals surface area contributed by atoms with E-state index in [0.717, 1.165) is 32.1 Å². The van der Waals surface area contributed by atoms with Crippen molar-refractivity contribution < 1.29 is 13.5 Å². The zero-order valence-corrected chi connectivity index (χ0v) is 11.0. The van der Waals surface area contributed by atoms with E-state index >= 15 is 0 Å².